The number of rotatable bonds is 3. The van der Waals surface area contributed by atoms with Crippen LogP contribution in [0.5, 0.6) is 0 Å². The highest BCUT2D eigenvalue weighted by Crippen LogP contribution is 2.46. The zero-order chi connectivity index (χ0) is 19.5. The highest BCUT2D eigenvalue weighted by molar-refractivity contribution is 7.92. The molecule has 2 atom stereocenters. The average Bonchev–Trinajstić information content (AvgIpc) is 3.32. The summed E-state index contributed by atoms with van der Waals surface area (Å²) in [6, 6.07) is 12.1. The highest BCUT2D eigenvalue weighted by atomic mass is 32.2. The predicted molar refractivity (Wildman–Crippen MR) is 104 cm³/mol. The first kappa shape index (κ1) is 17.6. The maximum absolute atomic E-state index is 13.5. The van der Waals surface area contributed by atoms with Crippen LogP contribution >= 0.6 is 0 Å². The van der Waals surface area contributed by atoms with Crippen LogP contribution in [0.15, 0.2) is 59.8 Å². The molecule has 0 saturated carbocycles. The van der Waals surface area contributed by atoms with Crippen LogP contribution in [0.3, 0.4) is 0 Å². The summed E-state index contributed by atoms with van der Waals surface area (Å²) in [6.07, 6.45) is 3.71. The van der Waals surface area contributed by atoms with Gasteiger partial charge in [0.05, 0.1) is 16.3 Å². The van der Waals surface area contributed by atoms with E-state index in [1.807, 2.05) is 31.4 Å². The minimum atomic E-state index is -3.35. The van der Waals surface area contributed by atoms with Crippen molar-refractivity contribution in [2.45, 2.75) is 22.6 Å². The molecular formula is C21H20FN3O2S. The van der Waals surface area contributed by atoms with Gasteiger partial charge in [-0.1, -0.05) is 18.2 Å². The number of fused-ring (bicyclic) bond motifs is 3. The number of benzene rings is 2. The monoisotopic (exact) mass is 397 g/mol. The number of likely N-dealkylation sites (tertiary alicyclic amines) is 1. The Labute approximate surface area is 163 Å². The molecule has 144 valence electrons. The van der Waals surface area contributed by atoms with Gasteiger partial charge < -0.3 is 0 Å². The quantitative estimate of drug-likeness (QED) is 0.682. The van der Waals surface area contributed by atoms with Crippen molar-refractivity contribution >= 4 is 9.84 Å². The summed E-state index contributed by atoms with van der Waals surface area (Å²) in [5.41, 5.74) is 3.71. The summed E-state index contributed by atoms with van der Waals surface area (Å²) in [4.78, 5) is 2.57. The lowest BCUT2D eigenvalue weighted by molar-refractivity contribution is 0.325. The van der Waals surface area contributed by atoms with Crippen LogP contribution in [-0.2, 0) is 23.4 Å². The zero-order valence-corrected chi connectivity index (χ0v) is 16.2. The van der Waals surface area contributed by atoms with Crippen LogP contribution in [-0.4, -0.2) is 41.4 Å². The van der Waals surface area contributed by atoms with Crippen molar-refractivity contribution in [1.82, 2.24) is 14.7 Å². The average molecular weight is 397 g/mol. The van der Waals surface area contributed by atoms with Crippen LogP contribution in [0.25, 0.3) is 11.1 Å². The van der Waals surface area contributed by atoms with Crippen molar-refractivity contribution in [3.63, 3.8) is 0 Å². The van der Waals surface area contributed by atoms with Gasteiger partial charge in [0.15, 0.2) is 9.84 Å². The molecule has 0 bridgehead atoms. The Morgan fingerprint density at radius 1 is 1.14 bits per heavy atom. The van der Waals surface area contributed by atoms with Crippen molar-refractivity contribution in [3.05, 3.63) is 71.8 Å². The standard InChI is InChI=1S/C21H20FN3O2S/c1-24-11-16(9-23-24)15-5-6-20-18(8-15)19-12-25(13-21(19)28(20,26)27)10-14-3-2-4-17(22)7-14/h2-9,11,19,21H,10,12-13H2,1H3/t19-,21+/m1/s1. The third kappa shape index (κ3) is 2.77. The lowest BCUT2D eigenvalue weighted by Gasteiger charge is -2.17. The molecule has 0 amide bonds. The third-order valence-electron chi connectivity index (χ3n) is 5.79. The van der Waals surface area contributed by atoms with E-state index in [0.717, 1.165) is 22.3 Å². The van der Waals surface area contributed by atoms with Gasteiger partial charge in [-0.15, -0.1) is 0 Å². The van der Waals surface area contributed by atoms with Crippen molar-refractivity contribution in [3.8, 4) is 11.1 Å². The Kier molecular flexibility index (Phi) is 3.93. The van der Waals surface area contributed by atoms with Gasteiger partial charge in [0, 0.05) is 44.4 Å². The van der Waals surface area contributed by atoms with Crippen LogP contribution in [0.1, 0.15) is 17.0 Å². The zero-order valence-electron chi connectivity index (χ0n) is 15.4. The second kappa shape index (κ2) is 6.25. The normalized spacial score (nSPS) is 22.9. The summed E-state index contributed by atoms with van der Waals surface area (Å²) in [7, 11) is -1.49. The van der Waals surface area contributed by atoms with Gasteiger partial charge in [0.1, 0.15) is 5.82 Å². The number of aryl methyl sites for hydroxylation is 1. The predicted octanol–water partition coefficient (Wildman–Crippen LogP) is 2.98. The van der Waals surface area contributed by atoms with Crippen molar-refractivity contribution < 1.29 is 12.8 Å². The first-order valence-corrected chi connectivity index (χ1v) is 10.8. The second-order valence-corrected chi connectivity index (χ2v) is 9.80. The molecule has 2 aliphatic rings. The van der Waals surface area contributed by atoms with Crippen molar-refractivity contribution in [1.29, 1.82) is 0 Å². The van der Waals surface area contributed by atoms with E-state index in [2.05, 4.69) is 10.00 Å². The van der Waals surface area contributed by atoms with Crippen LogP contribution in [0.4, 0.5) is 4.39 Å². The number of halogens is 1. The molecule has 5 rings (SSSR count). The Bertz CT molecular complexity index is 1170. The molecule has 0 N–H and O–H groups in total. The Balaban J connectivity index is 1.47. The lowest BCUT2D eigenvalue weighted by atomic mass is 9.95. The van der Waals surface area contributed by atoms with Gasteiger partial charge >= 0.3 is 0 Å². The maximum Gasteiger partial charge on any atom is 0.183 e. The maximum atomic E-state index is 13.5. The van der Waals surface area contributed by atoms with Gasteiger partial charge in [0.2, 0.25) is 0 Å². The molecule has 2 aliphatic heterocycles. The minimum Gasteiger partial charge on any atom is -0.297 e. The number of sulfone groups is 1. The van der Waals surface area contributed by atoms with E-state index in [-0.39, 0.29) is 11.7 Å². The Hall–Kier alpha value is -2.51. The fraction of sp³-hybridized carbons (Fsp3) is 0.286. The molecule has 1 fully saturated rings. The summed E-state index contributed by atoms with van der Waals surface area (Å²) < 4.78 is 41.3. The summed E-state index contributed by atoms with van der Waals surface area (Å²) in [6.45, 7) is 1.68. The van der Waals surface area contributed by atoms with Gasteiger partial charge in [-0.2, -0.15) is 5.10 Å². The number of nitrogens with zero attached hydrogens (tertiary/aromatic N) is 3. The lowest BCUT2D eigenvalue weighted by Crippen LogP contribution is -2.25. The Morgan fingerprint density at radius 2 is 2.00 bits per heavy atom. The third-order valence-corrected chi connectivity index (χ3v) is 8.05. The first-order valence-electron chi connectivity index (χ1n) is 9.25. The number of aromatic nitrogens is 2. The van der Waals surface area contributed by atoms with E-state index in [9.17, 15) is 12.8 Å². The van der Waals surface area contributed by atoms with E-state index in [0.29, 0.717) is 24.5 Å². The molecule has 1 saturated heterocycles. The van der Waals surface area contributed by atoms with Gasteiger partial charge in [-0.05, 0) is 41.0 Å². The topological polar surface area (TPSA) is 55.2 Å². The summed E-state index contributed by atoms with van der Waals surface area (Å²) in [5, 5.41) is 3.78. The van der Waals surface area contributed by atoms with Gasteiger partial charge in [0.25, 0.3) is 0 Å². The fourth-order valence-corrected chi connectivity index (χ4v) is 6.69. The molecular weight excluding hydrogens is 377 g/mol. The van der Waals surface area contributed by atoms with Crippen molar-refractivity contribution in [2.75, 3.05) is 13.1 Å². The molecule has 0 spiro atoms. The smallest absolute Gasteiger partial charge is 0.183 e. The van der Waals surface area contributed by atoms with Gasteiger partial charge in [-0.25, -0.2) is 12.8 Å². The second-order valence-electron chi connectivity index (χ2n) is 7.67. The van der Waals surface area contributed by atoms with Crippen LogP contribution in [0.2, 0.25) is 0 Å². The van der Waals surface area contributed by atoms with E-state index in [1.54, 1.807) is 23.0 Å². The molecule has 7 heteroatoms. The van der Waals surface area contributed by atoms with E-state index < -0.39 is 15.1 Å². The fourth-order valence-electron chi connectivity index (χ4n) is 4.50. The molecule has 5 nitrogen and oxygen atoms in total. The molecule has 0 unspecified atom stereocenters. The summed E-state index contributed by atoms with van der Waals surface area (Å²) in [5.74, 6) is -0.318. The molecule has 1 aromatic heterocycles. The largest absolute Gasteiger partial charge is 0.297 e. The molecule has 3 aromatic rings. The molecule has 0 radical (unpaired) electrons. The molecule has 3 heterocycles. The summed E-state index contributed by atoms with van der Waals surface area (Å²) >= 11 is 0. The van der Waals surface area contributed by atoms with Crippen LogP contribution in [0, 0.1) is 5.82 Å². The molecule has 2 aromatic carbocycles. The number of hydrogen-bond acceptors (Lipinski definition) is 4. The highest BCUT2D eigenvalue weighted by Gasteiger charge is 2.50. The number of hydrogen-bond donors (Lipinski definition) is 0. The molecule has 0 aliphatic carbocycles. The SMILES string of the molecule is Cn1cc(-c2ccc3c(c2)[C@H]2CN(Cc4cccc(F)c4)C[C@@H]2S3(=O)=O)cn1. The van der Waals surface area contributed by atoms with E-state index in [1.165, 1.54) is 12.1 Å². The van der Waals surface area contributed by atoms with Crippen LogP contribution < -0.4 is 0 Å². The van der Waals surface area contributed by atoms with E-state index >= 15 is 0 Å². The Morgan fingerprint density at radius 3 is 2.75 bits per heavy atom. The molecule has 28 heavy (non-hydrogen) atoms. The van der Waals surface area contributed by atoms with Crippen molar-refractivity contribution in [2.24, 2.45) is 7.05 Å². The van der Waals surface area contributed by atoms with Gasteiger partial charge in [-0.3, -0.25) is 9.58 Å². The minimum absolute atomic E-state index is 0.0508. The first-order chi connectivity index (χ1) is 13.4. The van der Waals surface area contributed by atoms with E-state index in [4.69, 9.17) is 0 Å².